The summed E-state index contributed by atoms with van der Waals surface area (Å²) in [6.07, 6.45) is 2.00. The van der Waals surface area contributed by atoms with Crippen molar-refractivity contribution in [2.75, 3.05) is 26.2 Å². The minimum atomic E-state index is -0.744. The lowest BCUT2D eigenvalue weighted by Crippen LogP contribution is -2.46. The number of likely N-dealkylation sites (tertiary alicyclic amines) is 1. The Morgan fingerprint density at radius 1 is 1.24 bits per heavy atom. The largest absolute Gasteiger partial charge is 0.480 e. The monoisotopic (exact) mass is 342 g/mol. The quantitative estimate of drug-likeness (QED) is 0.869. The fourth-order valence-corrected chi connectivity index (χ4v) is 3.60. The van der Waals surface area contributed by atoms with Gasteiger partial charge in [0.25, 0.3) is 0 Å². The van der Waals surface area contributed by atoms with E-state index < -0.39 is 5.97 Å². The molecule has 1 aliphatic heterocycles. The lowest BCUT2D eigenvalue weighted by Gasteiger charge is -2.37. The number of aliphatic carboxylic acids is 1. The van der Waals surface area contributed by atoms with Crippen LogP contribution in [0.3, 0.4) is 0 Å². The first-order valence-corrected chi connectivity index (χ1v) is 8.97. The minimum absolute atomic E-state index is 0.135. The third-order valence-corrected chi connectivity index (χ3v) is 5.03. The van der Waals surface area contributed by atoms with Crippen LogP contribution in [0.25, 0.3) is 11.0 Å². The van der Waals surface area contributed by atoms with Crippen molar-refractivity contribution in [2.45, 2.75) is 39.3 Å². The van der Waals surface area contributed by atoms with Gasteiger partial charge in [0.1, 0.15) is 0 Å². The number of para-hydroxylation sites is 2. The first-order chi connectivity index (χ1) is 12.1. The van der Waals surface area contributed by atoms with E-state index in [9.17, 15) is 4.79 Å². The molecule has 1 N–H and O–H groups in total. The number of piperidine rings is 1. The summed E-state index contributed by atoms with van der Waals surface area (Å²) < 4.78 is 0. The molecule has 1 aromatic heterocycles. The highest BCUT2D eigenvalue weighted by atomic mass is 16.4. The number of benzene rings is 1. The van der Waals surface area contributed by atoms with Crippen molar-refractivity contribution in [3.63, 3.8) is 0 Å². The van der Waals surface area contributed by atoms with E-state index in [0.717, 1.165) is 61.4 Å². The Balaban J connectivity index is 1.62. The third kappa shape index (κ3) is 4.32. The molecule has 0 spiro atoms. The fourth-order valence-electron chi connectivity index (χ4n) is 3.60. The number of nitrogens with zero attached hydrogens (tertiary/aromatic N) is 4. The molecule has 2 heterocycles. The van der Waals surface area contributed by atoms with Crippen molar-refractivity contribution in [1.82, 2.24) is 19.8 Å². The van der Waals surface area contributed by atoms with Crippen LogP contribution >= 0.6 is 0 Å². The van der Waals surface area contributed by atoms with Gasteiger partial charge in [-0.05, 0) is 38.4 Å². The van der Waals surface area contributed by atoms with E-state index in [0.29, 0.717) is 6.04 Å². The Morgan fingerprint density at radius 2 is 1.88 bits per heavy atom. The average Bonchev–Trinajstić information content (AvgIpc) is 2.61. The van der Waals surface area contributed by atoms with Crippen LogP contribution in [0, 0.1) is 6.92 Å². The van der Waals surface area contributed by atoms with Gasteiger partial charge in [0.2, 0.25) is 0 Å². The molecule has 0 saturated carbocycles. The number of carboxylic acids is 1. The van der Waals surface area contributed by atoms with Crippen LogP contribution in [0.5, 0.6) is 0 Å². The Bertz CT molecular complexity index is 741. The summed E-state index contributed by atoms with van der Waals surface area (Å²) in [5.74, 6) is -0.744. The number of aryl methyl sites for hydroxylation is 1. The normalized spacial score (nSPS) is 16.6. The maximum absolute atomic E-state index is 11.0. The van der Waals surface area contributed by atoms with Gasteiger partial charge >= 0.3 is 5.97 Å². The Labute approximate surface area is 148 Å². The number of carbonyl (C=O) groups is 1. The molecule has 2 aromatic rings. The Hall–Kier alpha value is -2.05. The van der Waals surface area contributed by atoms with Crippen LogP contribution in [-0.2, 0) is 11.3 Å². The molecule has 1 aliphatic rings. The molecule has 0 bridgehead atoms. The van der Waals surface area contributed by atoms with Crippen molar-refractivity contribution < 1.29 is 9.90 Å². The van der Waals surface area contributed by atoms with Gasteiger partial charge in [-0.25, -0.2) is 9.97 Å². The predicted octanol–water partition coefficient (Wildman–Crippen LogP) is 2.31. The predicted molar refractivity (Wildman–Crippen MR) is 97.5 cm³/mol. The minimum Gasteiger partial charge on any atom is -0.480 e. The molecule has 1 fully saturated rings. The smallest absolute Gasteiger partial charge is 0.317 e. The summed E-state index contributed by atoms with van der Waals surface area (Å²) in [6.45, 7) is 7.71. The highest BCUT2D eigenvalue weighted by Crippen LogP contribution is 2.20. The van der Waals surface area contributed by atoms with Crippen LogP contribution in [-0.4, -0.2) is 63.1 Å². The van der Waals surface area contributed by atoms with E-state index in [-0.39, 0.29) is 6.54 Å². The van der Waals surface area contributed by atoms with Crippen LogP contribution in [0.1, 0.15) is 31.2 Å². The van der Waals surface area contributed by atoms with E-state index >= 15 is 0 Å². The molecule has 6 heteroatoms. The number of hydrogen-bond acceptors (Lipinski definition) is 5. The van der Waals surface area contributed by atoms with Gasteiger partial charge in [0, 0.05) is 25.7 Å². The standard InChI is InChI=1S/C19H26N4O2/c1-3-23(13-19(24)25)15-8-10-22(11-9-15)12-18-14(2)20-16-6-4-5-7-17(16)21-18/h4-7,15H,3,8-13H2,1-2H3,(H,24,25). The highest BCUT2D eigenvalue weighted by Gasteiger charge is 2.25. The number of aromatic nitrogens is 2. The van der Waals surface area contributed by atoms with Crippen LogP contribution < -0.4 is 0 Å². The van der Waals surface area contributed by atoms with E-state index in [2.05, 4.69) is 14.8 Å². The number of rotatable bonds is 6. The van der Waals surface area contributed by atoms with Gasteiger partial charge in [0.05, 0.1) is 29.0 Å². The van der Waals surface area contributed by atoms with Gasteiger partial charge < -0.3 is 5.11 Å². The lowest BCUT2D eigenvalue weighted by atomic mass is 10.0. The molecular weight excluding hydrogens is 316 g/mol. The molecule has 0 amide bonds. The SMILES string of the molecule is CCN(CC(=O)O)C1CCN(Cc2nc3ccccc3nc2C)CC1. The van der Waals surface area contributed by atoms with Gasteiger partial charge in [-0.2, -0.15) is 0 Å². The van der Waals surface area contributed by atoms with Crippen LogP contribution in [0.2, 0.25) is 0 Å². The molecule has 0 unspecified atom stereocenters. The third-order valence-electron chi connectivity index (χ3n) is 5.03. The second-order valence-electron chi connectivity index (χ2n) is 6.71. The van der Waals surface area contributed by atoms with Crippen molar-refractivity contribution >= 4 is 17.0 Å². The molecular formula is C19H26N4O2. The molecule has 0 atom stereocenters. The second-order valence-corrected chi connectivity index (χ2v) is 6.71. The Kier molecular flexibility index (Phi) is 5.60. The lowest BCUT2D eigenvalue weighted by molar-refractivity contribution is -0.139. The number of likely N-dealkylation sites (N-methyl/N-ethyl adjacent to an activating group) is 1. The number of hydrogen-bond donors (Lipinski definition) is 1. The zero-order valence-electron chi connectivity index (χ0n) is 15.0. The van der Waals surface area contributed by atoms with Gasteiger partial charge in [-0.3, -0.25) is 14.6 Å². The van der Waals surface area contributed by atoms with Gasteiger partial charge in [0.15, 0.2) is 0 Å². The highest BCUT2D eigenvalue weighted by molar-refractivity contribution is 5.74. The summed E-state index contributed by atoms with van der Waals surface area (Å²) in [4.78, 5) is 24.9. The van der Waals surface area contributed by atoms with Crippen LogP contribution in [0.4, 0.5) is 0 Å². The van der Waals surface area contributed by atoms with E-state index in [1.165, 1.54) is 0 Å². The molecule has 134 valence electrons. The zero-order chi connectivity index (χ0) is 17.8. The summed E-state index contributed by atoms with van der Waals surface area (Å²) in [6, 6.07) is 8.33. The molecule has 0 aliphatic carbocycles. The van der Waals surface area contributed by atoms with Gasteiger partial charge in [-0.15, -0.1) is 0 Å². The van der Waals surface area contributed by atoms with E-state index in [4.69, 9.17) is 10.1 Å². The summed E-state index contributed by atoms with van der Waals surface area (Å²) in [5, 5.41) is 9.04. The van der Waals surface area contributed by atoms with Crippen molar-refractivity contribution in [1.29, 1.82) is 0 Å². The van der Waals surface area contributed by atoms with Crippen molar-refractivity contribution in [2.24, 2.45) is 0 Å². The molecule has 6 nitrogen and oxygen atoms in total. The average molecular weight is 342 g/mol. The maximum Gasteiger partial charge on any atom is 0.317 e. The molecule has 0 radical (unpaired) electrons. The van der Waals surface area contributed by atoms with E-state index in [1.54, 1.807) is 0 Å². The number of carboxylic acid groups (broad SMARTS) is 1. The first kappa shape index (κ1) is 17.8. The number of fused-ring (bicyclic) bond motifs is 1. The van der Waals surface area contributed by atoms with Crippen molar-refractivity contribution in [3.05, 3.63) is 35.7 Å². The Morgan fingerprint density at radius 3 is 2.48 bits per heavy atom. The topological polar surface area (TPSA) is 69.6 Å². The van der Waals surface area contributed by atoms with Gasteiger partial charge in [-0.1, -0.05) is 19.1 Å². The summed E-state index contributed by atoms with van der Waals surface area (Å²) >= 11 is 0. The van der Waals surface area contributed by atoms with E-state index in [1.807, 2.05) is 38.1 Å². The molecule has 1 saturated heterocycles. The zero-order valence-corrected chi connectivity index (χ0v) is 15.0. The molecule has 3 rings (SSSR count). The summed E-state index contributed by atoms with van der Waals surface area (Å²) in [5.41, 5.74) is 3.91. The molecule has 25 heavy (non-hydrogen) atoms. The van der Waals surface area contributed by atoms with Crippen LogP contribution in [0.15, 0.2) is 24.3 Å². The summed E-state index contributed by atoms with van der Waals surface area (Å²) in [7, 11) is 0. The maximum atomic E-state index is 11.0. The second kappa shape index (κ2) is 7.89. The molecule has 1 aromatic carbocycles. The van der Waals surface area contributed by atoms with Crippen molar-refractivity contribution in [3.8, 4) is 0 Å². The first-order valence-electron chi connectivity index (χ1n) is 8.97. The fraction of sp³-hybridized carbons (Fsp3) is 0.526.